The first-order chi connectivity index (χ1) is 15.6. The van der Waals surface area contributed by atoms with Crippen molar-refractivity contribution >= 4 is 29.1 Å². The number of carbonyl (C=O) groups excluding carboxylic acids is 1. The summed E-state index contributed by atoms with van der Waals surface area (Å²) in [6, 6.07) is 12.0. The zero-order valence-corrected chi connectivity index (χ0v) is 18.6. The topological polar surface area (TPSA) is 42.0 Å². The molecular formula is C24H18Cl2F4N2O. The monoisotopic (exact) mass is 496 g/mol. The van der Waals surface area contributed by atoms with Crippen LogP contribution < -0.4 is 5.32 Å². The molecule has 1 fully saturated rings. The van der Waals surface area contributed by atoms with Crippen molar-refractivity contribution in [1.29, 1.82) is 0 Å². The summed E-state index contributed by atoms with van der Waals surface area (Å²) in [7, 11) is 0. The molecule has 33 heavy (non-hydrogen) atoms. The van der Waals surface area contributed by atoms with Crippen LogP contribution in [0.2, 0.25) is 10.0 Å². The minimum Gasteiger partial charge on any atom is -0.340 e. The molecule has 3 aromatic rings. The van der Waals surface area contributed by atoms with Crippen molar-refractivity contribution in [3.05, 3.63) is 99.0 Å². The van der Waals surface area contributed by atoms with Crippen LogP contribution >= 0.6 is 23.2 Å². The molecule has 1 aromatic heterocycles. The van der Waals surface area contributed by atoms with Gasteiger partial charge in [-0.1, -0.05) is 35.3 Å². The predicted octanol–water partition coefficient (Wildman–Crippen LogP) is 6.56. The molecule has 1 N–H and O–H groups in total. The van der Waals surface area contributed by atoms with Crippen LogP contribution in [-0.2, 0) is 22.9 Å². The third kappa shape index (κ3) is 5.31. The molecule has 1 atom stereocenters. The molecule has 1 aliphatic carbocycles. The molecule has 1 aliphatic rings. The summed E-state index contributed by atoms with van der Waals surface area (Å²) in [4.78, 5) is 17.3. The first kappa shape index (κ1) is 23.5. The number of aromatic nitrogens is 1. The summed E-state index contributed by atoms with van der Waals surface area (Å²) < 4.78 is 55.2. The maximum Gasteiger partial charge on any atom is 0.416 e. The summed E-state index contributed by atoms with van der Waals surface area (Å²) in [6.07, 6.45) is -2.13. The summed E-state index contributed by atoms with van der Waals surface area (Å²) in [5.74, 6) is -1.68. The molecule has 0 saturated heterocycles. The lowest BCUT2D eigenvalue weighted by molar-refractivity contribution is -0.137. The lowest BCUT2D eigenvalue weighted by atomic mass is 9.79. The number of hydrogen-bond donors (Lipinski definition) is 1. The van der Waals surface area contributed by atoms with E-state index in [1.54, 1.807) is 24.3 Å². The van der Waals surface area contributed by atoms with Crippen molar-refractivity contribution in [2.45, 2.75) is 31.0 Å². The summed E-state index contributed by atoms with van der Waals surface area (Å²) in [5, 5.41) is 3.61. The van der Waals surface area contributed by atoms with Crippen LogP contribution in [0.1, 0.15) is 35.2 Å². The number of carbonyl (C=O) groups is 1. The molecule has 9 heteroatoms. The number of nitrogens with one attached hydrogen (secondary N) is 1. The van der Waals surface area contributed by atoms with Gasteiger partial charge in [0.15, 0.2) is 0 Å². The van der Waals surface area contributed by atoms with Gasteiger partial charge in [0.2, 0.25) is 5.91 Å². The van der Waals surface area contributed by atoms with Crippen LogP contribution in [0.25, 0.3) is 0 Å². The van der Waals surface area contributed by atoms with Gasteiger partial charge in [-0.25, -0.2) is 4.39 Å². The minimum atomic E-state index is -4.79. The van der Waals surface area contributed by atoms with E-state index in [0.717, 1.165) is 12.1 Å². The van der Waals surface area contributed by atoms with Crippen molar-refractivity contribution in [3.8, 4) is 0 Å². The molecule has 3 nitrogen and oxygen atoms in total. The predicted molar refractivity (Wildman–Crippen MR) is 117 cm³/mol. The SMILES string of the molecule is O=C(N[C@](Cc1cccc(Cl)c1)(c1cc(F)cc(C(F)(F)F)c1)c1ccc(Cl)cn1)C1CC1. The standard InChI is InChI=1S/C24H18Cl2F4N2O/c25-18-3-1-2-14(8-18)12-23(32-22(33)15-4-5-15,21-7-6-19(26)13-31-21)16-9-17(24(28,29)30)11-20(27)10-16/h1-3,6-11,13,15H,4-5,12H2,(H,32,33)/t23-/m1/s1. The minimum absolute atomic E-state index is 0.0125. The summed E-state index contributed by atoms with van der Waals surface area (Å²) in [5.41, 5.74) is -2.01. The molecule has 1 saturated carbocycles. The average Bonchev–Trinajstić information content (AvgIpc) is 3.58. The molecule has 4 rings (SSSR count). The van der Waals surface area contributed by atoms with Gasteiger partial charge >= 0.3 is 6.18 Å². The van der Waals surface area contributed by atoms with Crippen molar-refractivity contribution in [2.24, 2.45) is 5.92 Å². The van der Waals surface area contributed by atoms with Gasteiger partial charge in [0, 0.05) is 23.6 Å². The number of nitrogens with zero attached hydrogens (tertiary/aromatic N) is 1. The maximum atomic E-state index is 14.5. The molecule has 1 heterocycles. The molecule has 1 amide bonds. The fourth-order valence-corrected chi connectivity index (χ4v) is 4.08. The molecule has 0 unspecified atom stereocenters. The van der Waals surface area contributed by atoms with Gasteiger partial charge in [-0.05, 0) is 66.4 Å². The Bertz CT molecular complexity index is 1180. The average molecular weight is 497 g/mol. The molecule has 0 aliphatic heterocycles. The third-order valence-electron chi connectivity index (χ3n) is 5.53. The zero-order valence-electron chi connectivity index (χ0n) is 17.1. The Hall–Kier alpha value is -2.64. The van der Waals surface area contributed by atoms with Gasteiger partial charge in [-0.2, -0.15) is 13.2 Å². The van der Waals surface area contributed by atoms with Crippen LogP contribution in [0.4, 0.5) is 17.6 Å². The third-order valence-corrected chi connectivity index (χ3v) is 5.98. The first-order valence-corrected chi connectivity index (χ1v) is 10.9. The Labute approximate surface area is 197 Å². The number of rotatable bonds is 6. The molecule has 0 spiro atoms. The largest absolute Gasteiger partial charge is 0.416 e. The Morgan fingerprint density at radius 3 is 2.33 bits per heavy atom. The lowest BCUT2D eigenvalue weighted by Gasteiger charge is -2.36. The van der Waals surface area contributed by atoms with E-state index in [2.05, 4.69) is 10.3 Å². The number of halogens is 6. The van der Waals surface area contributed by atoms with E-state index in [1.807, 2.05) is 0 Å². The second kappa shape index (κ2) is 8.95. The summed E-state index contributed by atoms with van der Waals surface area (Å²) >= 11 is 12.1. The lowest BCUT2D eigenvalue weighted by Crippen LogP contribution is -2.50. The molecule has 2 aromatic carbocycles. The maximum absolute atomic E-state index is 14.5. The highest BCUT2D eigenvalue weighted by Crippen LogP contribution is 2.39. The highest BCUT2D eigenvalue weighted by atomic mass is 35.5. The quantitative estimate of drug-likeness (QED) is 0.392. The Balaban J connectivity index is 1.96. The van der Waals surface area contributed by atoms with Crippen LogP contribution in [0.15, 0.2) is 60.8 Å². The van der Waals surface area contributed by atoms with E-state index < -0.39 is 23.1 Å². The van der Waals surface area contributed by atoms with Gasteiger partial charge in [0.1, 0.15) is 11.4 Å². The first-order valence-electron chi connectivity index (χ1n) is 10.1. The summed E-state index contributed by atoms with van der Waals surface area (Å²) in [6.45, 7) is 0. The van der Waals surface area contributed by atoms with Gasteiger partial charge in [0.05, 0.1) is 16.3 Å². The Kier molecular flexibility index (Phi) is 6.38. The van der Waals surface area contributed by atoms with Crippen molar-refractivity contribution in [1.82, 2.24) is 10.3 Å². The van der Waals surface area contributed by atoms with E-state index >= 15 is 0 Å². The van der Waals surface area contributed by atoms with Crippen molar-refractivity contribution in [2.75, 3.05) is 0 Å². The highest BCUT2D eigenvalue weighted by molar-refractivity contribution is 6.30. The van der Waals surface area contributed by atoms with Gasteiger partial charge in [0.25, 0.3) is 0 Å². The van der Waals surface area contributed by atoms with Crippen LogP contribution in [0, 0.1) is 11.7 Å². The van der Waals surface area contributed by atoms with Gasteiger partial charge in [-0.15, -0.1) is 0 Å². The molecule has 172 valence electrons. The van der Waals surface area contributed by atoms with E-state index in [4.69, 9.17) is 23.2 Å². The Morgan fingerprint density at radius 2 is 1.73 bits per heavy atom. The number of benzene rings is 2. The smallest absolute Gasteiger partial charge is 0.340 e. The van der Waals surface area contributed by atoms with E-state index in [1.165, 1.54) is 18.3 Å². The van der Waals surface area contributed by atoms with Crippen LogP contribution in [-0.4, -0.2) is 10.9 Å². The second-order valence-electron chi connectivity index (χ2n) is 8.06. The number of amides is 1. The zero-order chi connectivity index (χ0) is 23.8. The number of alkyl halides is 3. The Morgan fingerprint density at radius 1 is 1.00 bits per heavy atom. The van der Waals surface area contributed by atoms with E-state index in [0.29, 0.717) is 34.5 Å². The van der Waals surface area contributed by atoms with Crippen LogP contribution in [0.3, 0.4) is 0 Å². The van der Waals surface area contributed by atoms with Gasteiger partial charge in [-0.3, -0.25) is 9.78 Å². The molecule has 0 bridgehead atoms. The number of pyridine rings is 1. The molecular weight excluding hydrogens is 479 g/mol. The van der Waals surface area contributed by atoms with Crippen molar-refractivity contribution in [3.63, 3.8) is 0 Å². The molecule has 0 radical (unpaired) electrons. The second-order valence-corrected chi connectivity index (χ2v) is 8.94. The fraction of sp³-hybridized carbons (Fsp3) is 0.250. The fourth-order valence-electron chi connectivity index (χ4n) is 3.76. The van der Waals surface area contributed by atoms with E-state index in [-0.39, 0.29) is 29.5 Å². The van der Waals surface area contributed by atoms with Crippen LogP contribution in [0.5, 0.6) is 0 Å². The highest BCUT2D eigenvalue weighted by Gasteiger charge is 2.43. The number of hydrogen-bond acceptors (Lipinski definition) is 2. The van der Waals surface area contributed by atoms with Gasteiger partial charge < -0.3 is 5.32 Å². The van der Waals surface area contributed by atoms with E-state index in [9.17, 15) is 22.4 Å². The normalized spacial score (nSPS) is 15.7. The van der Waals surface area contributed by atoms with Crippen molar-refractivity contribution < 1.29 is 22.4 Å².